The summed E-state index contributed by atoms with van der Waals surface area (Å²) in [6, 6.07) is -0.821. The van der Waals surface area contributed by atoms with Crippen LogP contribution in [0, 0.1) is 0 Å². The number of rotatable bonds is 48. The summed E-state index contributed by atoms with van der Waals surface area (Å²) in [5.41, 5.74) is 0. The second-order valence-electron chi connectivity index (χ2n) is 19.7. The lowest BCUT2D eigenvalue weighted by molar-refractivity contribution is -0.302. The van der Waals surface area contributed by atoms with E-state index in [1.807, 2.05) is 6.08 Å². The van der Waals surface area contributed by atoms with Gasteiger partial charge in [-0.2, -0.15) is 0 Å². The second kappa shape index (κ2) is 51.3. The van der Waals surface area contributed by atoms with Crippen molar-refractivity contribution in [3.63, 3.8) is 0 Å². The number of hydrogen-bond acceptors (Lipinski definition) is 8. The predicted molar refractivity (Wildman–Crippen MR) is 304 cm³/mol. The molecule has 1 fully saturated rings. The van der Waals surface area contributed by atoms with Crippen LogP contribution in [0.5, 0.6) is 0 Å². The molecule has 6 N–H and O–H groups in total. The highest BCUT2D eigenvalue weighted by Gasteiger charge is 2.44. The summed E-state index contributed by atoms with van der Waals surface area (Å²) in [7, 11) is 0. The number of aliphatic hydroxyl groups excluding tert-OH is 5. The third kappa shape index (κ3) is 40.3. The summed E-state index contributed by atoms with van der Waals surface area (Å²) in [6.45, 7) is 3.66. The molecular formula is C63H107NO8. The van der Waals surface area contributed by atoms with Gasteiger partial charge in [-0.15, -0.1) is 0 Å². The van der Waals surface area contributed by atoms with Crippen molar-refractivity contribution in [1.29, 1.82) is 0 Å². The maximum absolute atomic E-state index is 13.1. The zero-order chi connectivity index (χ0) is 52.2. The fourth-order valence-electron chi connectivity index (χ4n) is 8.52. The van der Waals surface area contributed by atoms with Gasteiger partial charge < -0.3 is 40.3 Å². The maximum atomic E-state index is 13.1. The molecule has 9 nitrogen and oxygen atoms in total. The summed E-state index contributed by atoms with van der Waals surface area (Å²) in [6.07, 6.45) is 68.5. The Hall–Kier alpha value is -3.15. The van der Waals surface area contributed by atoms with E-state index in [4.69, 9.17) is 9.47 Å². The lowest BCUT2D eigenvalue weighted by Crippen LogP contribution is -2.60. The Kier molecular flexibility index (Phi) is 47.7. The molecule has 0 aromatic carbocycles. The van der Waals surface area contributed by atoms with Gasteiger partial charge in [-0.1, -0.05) is 245 Å². The number of aliphatic hydroxyl groups is 5. The minimum atomic E-state index is -1.58. The highest BCUT2D eigenvalue weighted by Crippen LogP contribution is 2.23. The zero-order valence-electron chi connectivity index (χ0n) is 45.6. The van der Waals surface area contributed by atoms with E-state index in [1.165, 1.54) is 89.9 Å². The fourth-order valence-corrected chi connectivity index (χ4v) is 8.52. The van der Waals surface area contributed by atoms with E-state index in [1.54, 1.807) is 6.08 Å². The van der Waals surface area contributed by atoms with Gasteiger partial charge in [-0.05, 0) is 83.5 Å². The van der Waals surface area contributed by atoms with Gasteiger partial charge in [0.15, 0.2) is 6.29 Å². The predicted octanol–water partition coefficient (Wildman–Crippen LogP) is 14.6. The Morgan fingerprint density at radius 1 is 0.486 bits per heavy atom. The van der Waals surface area contributed by atoms with Crippen LogP contribution >= 0.6 is 0 Å². The van der Waals surface area contributed by atoms with Crippen LogP contribution < -0.4 is 5.32 Å². The molecule has 72 heavy (non-hydrogen) atoms. The third-order valence-electron chi connectivity index (χ3n) is 13.1. The Bertz CT molecular complexity index is 1490. The van der Waals surface area contributed by atoms with Gasteiger partial charge >= 0.3 is 0 Å². The molecule has 1 saturated heterocycles. The van der Waals surface area contributed by atoms with Crippen molar-refractivity contribution in [2.24, 2.45) is 0 Å². The molecule has 7 atom stereocenters. The smallest absolute Gasteiger partial charge is 0.220 e. The van der Waals surface area contributed by atoms with Crippen molar-refractivity contribution in [3.8, 4) is 0 Å². The Balaban J connectivity index is 2.25. The summed E-state index contributed by atoms with van der Waals surface area (Å²) < 4.78 is 11.3. The van der Waals surface area contributed by atoms with Gasteiger partial charge in [0.2, 0.25) is 5.91 Å². The van der Waals surface area contributed by atoms with Crippen LogP contribution in [-0.2, 0) is 14.3 Å². The number of unbranched alkanes of at least 4 members (excludes halogenated alkanes) is 22. The molecule has 0 aromatic rings. The fraction of sp³-hybridized carbons (Fsp3) is 0.698. The first-order valence-corrected chi connectivity index (χ1v) is 29.1. The van der Waals surface area contributed by atoms with Crippen LogP contribution in [0.1, 0.15) is 226 Å². The molecule has 0 saturated carbocycles. The first kappa shape index (κ1) is 66.9. The molecule has 0 aliphatic carbocycles. The molecule has 1 amide bonds. The highest BCUT2D eigenvalue weighted by atomic mass is 16.7. The molecule has 412 valence electrons. The molecule has 1 rings (SSSR count). The summed E-state index contributed by atoms with van der Waals surface area (Å²) >= 11 is 0. The van der Waals surface area contributed by atoms with E-state index < -0.39 is 49.5 Å². The summed E-state index contributed by atoms with van der Waals surface area (Å²) in [4.78, 5) is 13.1. The lowest BCUT2D eigenvalue weighted by atomic mass is 9.99. The number of carbonyl (C=O) groups excluding carboxylic acids is 1. The van der Waals surface area contributed by atoms with Crippen molar-refractivity contribution < 1.29 is 39.8 Å². The van der Waals surface area contributed by atoms with Crippen molar-refractivity contribution in [2.75, 3.05) is 13.2 Å². The molecule has 7 unspecified atom stereocenters. The first-order chi connectivity index (χ1) is 35.3. The highest BCUT2D eigenvalue weighted by molar-refractivity contribution is 5.76. The lowest BCUT2D eigenvalue weighted by Gasteiger charge is -2.40. The van der Waals surface area contributed by atoms with Crippen LogP contribution in [0.2, 0.25) is 0 Å². The van der Waals surface area contributed by atoms with Gasteiger partial charge in [0, 0.05) is 6.42 Å². The number of hydrogen-bond donors (Lipinski definition) is 6. The molecular weight excluding hydrogens is 899 g/mol. The molecule has 0 aromatic heterocycles. The first-order valence-electron chi connectivity index (χ1n) is 29.1. The van der Waals surface area contributed by atoms with Crippen LogP contribution in [0.4, 0.5) is 0 Å². The SMILES string of the molecule is CC/C=C\C/C=C\C/C=C\C/C=C\C/C=C\C/C=C\C/C=C\C/C=C\CCCCCCCCC(=O)NC(COC1OC(CO)C(O)C(O)C1O)C(O)/C=C/CCCCCCCCCCCCCCCCCC. The number of amides is 1. The summed E-state index contributed by atoms with van der Waals surface area (Å²) in [5, 5.41) is 54.5. The molecule has 1 aliphatic heterocycles. The van der Waals surface area contributed by atoms with Crippen molar-refractivity contribution in [1.82, 2.24) is 5.32 Å². The number of allylic oxidation sites excluding steroid dienone is 17. The standard InChI is InChI=1S/C63H107NO8/c1-3-5-7-9-11-13-15-17-19-21-23-24-25-26-27-28-29-30-31-32-33-34-35-37-39-41-43-45-47-49-51-53-59(67)64-56(55-71-63-62(70)61(69)60(68)58(54-65)72-63)57(66)52-50-48-46-44-42-40-38-36-22-20-18-16-14-12-10-8-6-4-2/h5,7,11,13,17,19,23-24,26-27,29-30,32-33,35,37,50,52,56-58,60-63,65-66,68-70H,3-4,6,8-10,12,14-16,18,20-22,25,28,31,34,36,38-49,51,53-55H2,1-2H3,(H,64,67)/b7-5-,13-11-,19-17-,24-23-,27-26-,30-29-,33-32-,37-35-,52-50+. The van der Waals surface area contributed by atoms with Gasteiger partial charge in [0.1, 0.15) is 24.4 Å². The molecule has 0 bridgehead atoms. The zero-order valence-corrected chi connectivity index (χ0v) is 45.6. The van der Waals surface area contributed by atoms with Crippen molar-refractivity contribution in [2.45, 2.75) is 269 Å². The largest absolute Gasteiger partial charge is 0.394 e. The van der Waals surface area contributed by atoms with Crippen LogP contribution in [0.25, 0.3) is 0 Å². The van der Waals surface area contributed by atoms with E-state index in [9.17, 15) is 30.3 Å². The molecule has 1 heterocycles. The molecule has 9 heteroatoms. The van der Waals surface area contributed by atoms with E-state index in [0.29, 0.717) is 6.42 Å². The van der Waals surface area contributed by atoms with Crippen molar-refractivity contribution in [3.05, 3.63) is 109 Å². The Morgan fingerprint density at radius 3 is 1.28 bits per heavy atom. The third-order valence-corrected chi connectivity index (χ3v) is 13.1. The van der Waals surface area contributed by atoms with Gasteiger partial charge in [0.05, 0.1) is 25.4 Å². The number of carbonyl (C=O) groups is 1. The van der Waals surface area contributed by atoms with Crippen molar-refractivity contribution >= 4 is 5.91 Å². The van der Waals surface area contributed by atoms with Crippen LogP contribution in [-0.4, -0.2) is 87.5 Å². The van der Waals surface area contributed by atoms with E-state index in [2.05, 4.69) is 116 Å². The van der Waals surface area contributed by atoms with Crippen LogP contribution in [0.3, 0.4) is 0 Å². The average molecular weight is 1010 g/mol. The maximum Gasteiger partial charge on any atom is 0.220 e. The molecule has 1 aliphatic rings. The normalized spacial score (nSPS) is 20.0. The van der Waals surface area contributed by atoms with Crippen LogP contribution in [0.15, 0.2) is 109 Å². The Labute approximate surface area is 440 Å². The van der Waals surface area contributed by atoms with E-state index in [0.717, 1.165) is 116 Å². The minimum Gasteiger partial charge on any atom is -0.394 e. The Morgan fingerprint density at radius 2 is 0.861 bits per heavy atom. The number of ether oxygens (including phenoxy) is 2. The van der Waals surface area contributed by atoms with Gasteiger partial charge in [-0.25, -0.2) is 0 Å². The van der Waals surface area contributed by atoms with Gasteiger partial charge in [-0.3, -0.25) is 4.79 Å². The monoisotopic (exact) mass is 1010 g/mol. The molecule has 0 spiro atoms. The van der Waals surface area contributed by atoms with E-state index >= 15 is 0 Å². The quantitative estimate of drug-likeness (QED) is 0.0261. The molecule has 0 radical (unpaired) electrons. The van der Waals surface area contributed by atoms with Gasteiger partial charge in [0.25, 0.3) is 0 Å². The summed E-state index contributed by atoms with van der Waals surface area (Å²) in [5.74, 6) is -0.195. The second-order valence-corrected chi connectivity index (χ2v) is 19.7. The average Bonchev–Trinajstić information content (AvgIpc) is 3.38. The minimum absolute atomic E-state index is 0.195. The number of nitrogens with one attached hydrogen (secondary N) is 1. The topological polar surface area (TPSA) is 149 Å². The van der Waals surface area contributed by atoms with E-state index in [-0.39, 0.29) is 12.5 Å².